The molecule has 1 atom stereocenters. The molecule has 0 saturated carbocycles. The molecule has 0 bridgehead atoms. The second-order valence-corrected chi connectivity index (χ2v) is 2.92. The van der Waals surface area contributed by atoms with E-state index in [1.165, 1.54) is 0 Å². The Morgan fingerprint density at radius 3 is 2.60 bits per heavy atom. The van der Waals surface area contributed by atoms with Crippen LogP contribution in [0.5, 0.6) is 0 Å². The smallest absolute Gasteiger partial charge is 0.216 e. The number of hydrogen-bond acceptors (Lipinski definition) is 3. The second kappa shape index (κ2) is 2.34. The Bertz CT molecular complexity index is 135. The van der Waals surface area contributed by atoms with E-state index < -0.39 is 5.79 Å². The Morgan fingerprint density at radius 2 is 2.30 bits per heavy atom. The maximum absolute atomic E-state index is 5.57. The molecule has 3 nitrogen and oxygen atoms in total. The molecule has 10 heavy (non-hydrogen) atoms. The number of hydrogen-bond donors (Lipinski definition) is 0. The van der Waals surface area contributed by atoms with Gasteiger partial charge in [0.05, 0.1) is 18.6 Å². The standard InChI is InChI=1S/C6H9ClO3/c7-1-5-2-9-6(10-5)3-8-4-6/h5H,1-4H2. The third-order valence-corrected chi connectivity index (χ3v) is 2.07. The third kappa shape index (κ3) is 0.937. The summed E-state index contributed by atoms with van der Waals surface area (Å²) in [7, 11) is 0. The van der Waals surface area contributed by atoms with E-state index in [4.69, 9.17) is 25.8 Å². The summed E-state index contributed by atoms with van der Waals surface area (Å²) in [6.07, 6.45) is 0.0607. The van der Waals surface area contributed by atoms with Gasteiger partial charge in [-0.15, -0.1) is 11.6 Å². The van der Waals surface area contributed by atoms with E-state index in [1.807, 2.05) is 0 Å². The van der Waals surface area contributed by atoms with Crippen molar-refractivity contribution >= 4 is 11.6 Å². The molecule has 0 aromatic rings. The zero-order chi connectivity index (χ0) is 7.03. The predicted molar refractivity (Wildman–Crippen MR) is 35.1 cm³/mol. The topological polar surface area (TPSA) is 27.7 Å². The molecule has 0 N–H and O–H groups in total. The maximum atomic E-state index is 5.57. The highest BCUT2D eigenvalue weighted by Gasteiger charge is 2.47. The lowest BCUT2D eigenvalue weighted by Gasteiger charge is -2.35. The summed E-state index contributed by atoms with van der Waals surface area (Å²) in [5.74, 6) is 0.0846. The fourth-order valence-corrected chi connectivity index (χ4v) is 1.26. The molecule has 2 aliphatic rings. The molecule has 0 radical (unpaired) electrons. The van der Waals surface area contributed by atoms with Gasteiger partial charge < -0.3 is 14.2 Å². The van der Waals surface area contributed by atoms with E-state index in [2.05, 4.69) is 0 Å². The predicted octanol–water partition coefficient (Wildman–Crippen LogP) is 0.367. The first-order chi connectivity index (χ1) is 4.85. The van der Waals surface area contributed by atoms with Crippen molar-refractivity contribution in [3.8, 4) is 0 Å². The van der Waals surface area contributed by atoms with Crippen molar-refractivity contribution in [1.82, 2.24) is 0 Å². The van der Waals surface area contributed by atoms with Gasteiger partial charge in [0, 0.05) is 0 Å². The fraction of sp³-hybridized carbons (Fsp3) is 1.00. The van der Waals surface area contributed by atoms with Crippen LogP contribution in [0.1, 0.15) is 0 Å². The van der Waals surface area contributed by atoms with Gasteiger partial charge in [-0.1, -0.05) is 0 Å². The van der Waals surface area contributed by atoms with Gasteiger partial charge in [0.2, 0.25) is 5.79 Å². The van der Waals surface area contributed by atoms with Gasteiger partial charge in [-0.25, -0.2) is 0 Å². The third-order valence-electron chi connectivity index (χ3n) is 1.73. The van der Waals surface area contributed by atoms with Crippen molar-refractivity contribution in [1.29, 1.82) is 0 Å². The lowest BCUT2D eigenvalue weighted by Crippen LogP contribution is -2.51. The van der Waals surface area contributed by atoms with Crippen LogP contribution in [0.2, 0.25) is 0 Å². The van der Waals surface area contributed by atoms with Crippen LogP contribution in [0.25, 0.3) is 0 Å². The van der Waals surface area contributed by atoms with Crippen LogP contribution >= 0.6 is 11.6 Å². The SMILES string of the molecule is ClCC1COC2(COC2)O1. The zero-order valence-corrected chi connectivity index (χ0v) is 6.26. The molecule has 1 unspecified atom stereocenters. The lowest BCUT2D eigenvalue weighted by molar-refractivity contribution is -0.297. The molecular weight excluding hydrogens is 156 g/mol. The average Bonchev–Trinajstić information content (AvgIpc) is 2.29. The summed E-state index contributed by atoms with van der Waals surface area (Å²) in [5, 5.41) is 0. The van der Waals surface area contributed by atoms with Crippen LogP contribution in [0.4, 0.5) is 0 Å². The number of rotatable bonds is 1. The number of ether oxygens (including phenoxy) is 3. The van der Waals surface area contributed by atoms with Crippen molar-refractivity contribution < 1.29 is 14.2 Å². The van der Waals surface area contributed by atoms with E-state index in [0.29, 0.717) is 25.7 Å². The van der Waals surface area contributed by atoms with Crippen LogP contribution in [0.3, 0.4) is 0 Å². The second-order valence-electron chi connectivity index (χ2n) is 2.61. The molecule has 2 fully saturated rings. The number of alkyl halides is 1. The zero-order valence-electron chi connectivity index (χ0n) is 5.51. The largest absolute Gasteiger partial charge is 0.370 e. The summed E-state index contributed by atoms with van der Waals surface area (Å²) in [5.41, 5.74) is 0. The van der Waals surface area contributed by atoms with Gasteiger partial charge in [-0.3, -0.25) is 0 Å². The van der Waals surface area contributed by atoms with E-state index in [9.17, 15) is 0 Å². The van der Waals surface area contributed by atoms with Crippen LogP contribution in [0.15, 0.2) is 0 Å². The van der Waals surface area contributed by atoms with Gasteiger partial charge in [0.25, 0.3) is 0 Å². The van der Waals surface area contributed by atoms with Crippen LogP contribution < -0.4 is 0 Å². The monoisotopic (exact) mass is 164 g/mol. The summed E-state index contributed by atoms with van der Waals surface area (Å²) in [6, 6.07) is 0. The van der Waals surface area contributed by atoms with Gasteiger partial charge in [-0.05, 0) is 0 Å². The minimum atomic E-state index is -0.417. The molecular formula is C6H9ClO3. The Hall–Kier alpha value is 0.170. The average molecular weight is 165 g/mol. The summed E-state index contributed by atoms with van der Waals surface area (Å²) < 4.78 is 15.8. The Balaban J connectivity index is 1.92. The van der Waals surface area contributed by atoms with Gasteiger partial charge in [0.15, 0.2) is 0 Å². The Labute approximate surface area is 64.2 Å². The van der Waals surface area contributed by atoms with E-state index in [-0.39, 0.29) is 6.10 Å². The van der Waals surface area contributed by atoms with Crippen molar-refractivity contribution in [2.45, 2.75) is 11.9 Å². The Kier molecular flexibility index (Phi) is 1.60. The van der Waals surface area contributed by atoms with Crippen molar-refractivity contribution in [2.24, 2.45) is 0 Å². The van der Waals surface area contributed by atoms with E-state index in [0.717, 1.165) is 0 Å². The van der Waals surface area contributed by atoms with Crippen LogP contribution in [-0.2, 0) is 14.2 Å². The van der Waals surface area contributed by atoms with Gasteiger partial charge in [-0.2, -0.15) is 0 Å². The molecule has 2 saturated heterocycles. The van der Waals surface area contributed by atoms with Crippen LogP contribution in [0, 0.1) is 0 Å². The summed E-state index contributed by atoms with van der Waals surface area (Å²) in [4.78, 5) is 0. The van der Waals surface area contributed by atoms with E-state index in [1.54, 1.807) is 0 Å². The molecule has 0 aromatic carbocycles. The van der Waals surface area contributed by atoms with Crippen LogP contribution in [-0.4, -0.2) is 37.6 Å². The van der Waals surface area contributed by atoms with E-state index >= 15 is 0 Å². The van der Waals surface area contributed by atoms with Gasteiger partial charge >= 0.3 is 0 Å². The van der Waals surface area contributed by atoms with Gasteiger partial charge in [0.1, 0.15) is 13.2 Å². The minimum absolute atomic E-state index is 0.0607. The molecule has 2 rings (SSSR count). The van der Waals surface area contributed by atoms with Crippen molar-refractivity contribution in [2.75, 3.05) is 25.7 Å². The molecule has 2 heterocycles. The highest BCUT2D eigenvalue weighted by atomic mass is 35.5. The molecule has 2 aliphatic heterocycles. The fourth-order valence-electron chi connectivity index (χ4n) is 1.11. The Morgan fingerprint density at radius 1 is 1.50 bits per heavy atom. The minimum Gasteiger partial charge on any atom is -0.370 e. The normalized spacial score (nSPS) is 36.3. The molecule has 4 heteroatoms. The quantitative estimate of drug-likeness (QED) is 0.524. The molecule has 58 valence electrons. The summed E-state index contributed by atoms with van der Waals surface area (Å²) in [6.45, 7) is 1.72. The number of halogens is 1. The highest BCUT2D eigenvalue weighted by Crippen LogP contribution is 2.30. The first-order valence-corrected chi connectivity index (χ1v) is 3.84. The van der Waals surface area contributed by atoms with Crippen molar-refractivity contribution in [3.05, 3.63) is 0 Å². The molecule has 0 aromatic heterocycles. The molecule has 0 amide bonds. The highest BCUT2D eigenvalue weighted by molar-refractivity contribution is 6.18. The molecule has 0 aliphatic carbocycles. The summed E-state index contributed by atoms with van der Waals surface area (Å²) >= 11 is 5.57. The van der Waals surface area contributed by atoms with Crippen molar-refractivity contribution in [3.63, 3.8) is 0 Å². The first kappa shape index (κ1) is 6.85. The first-order valence-electron chi connectivity index (χ1n) is 3.30. The molecule has 1 spiro atoms. The maximum Gasteiger partial charge on any atom is 0.216 e. The lowest BCUT2D eigenvalue weighted by atomic mass is 10.2.